The van der Waals surface area contributed by atoms with Gasteiger partial charge in [-0.3, -0.25) is 4.79 Å². The molecule has 106 valence electrons. The zero-order valence-corrected chi connectivity index (χ0v) is 11.7. The van der Waals surface area contributed by atoms with Crippen molar-refractivity contribution in [3.63, 3.8) is 0 Å². The van der Waals surface area contributed by atoms with Crippen LogP contribution < -0.4 is 0 Å². The summed E-state index contributed by atoms with van der Waals surface area (Å²) < 4.78 is 10.4. The van der Waals surface area contributed by atoms with Crippen LogP contribution in [-0.4, -0.2) is 34.0 Å². The lowest BCUT2D eigenvalue weighted by Crippen LogP contribution is -2.48. The fraction of sp³-hybridized carbons (Fsp3) is 0.214. The molecule has 1 saturated heterocycles. The van der Waals surface area contributed by atoms with Crippen LogP contribution >= 0.6 is 11.3 Å². The maximum Gasteiger partial charge on any atom is 0.289 e. The first-order valence-corrected chi connectivity index (χ1v) is 7.44. The summed E-state index contributed by atoms with van der Waals surface area (Å²) in [7, 11) is 0. The van der Waals surface area contributed by atoms with Gasteiger partial charge < -0.3 is 13.8 Å². The zero-order chi connectivity index (χ0) is 14.2. The number of rotatable bonds is 3. The second-order valence-corrected chi connectivity index (χ2v) is 5.63. The molecule has 0 aromatic carbocycles. The van der Waals surface area contributed by atoms with Gasteiger partial charge in [0, 0.05) is 24.0 Å². The number of amides is 1. The molecule has 1 aliphatic rings. The number of furan rings is 1. The molecule has 4 rings (SSSR count). The lowest BCUT2D eigenvalue weighted by atomic mass is 10.00. The summed E-state index contributed by atoms with van der Waals surface area (Å²) in [6.45, 7) is 1.15. The molecule has 1 amide bonds. The van der Waals surface area contributed by atoms with E-state index < -0.39 is 0 Å². The first kappa shape index (κ1) is 12.3. The number of nitrogens with zero attached hydrogens (tertiary/aromatic N) is 3. The second-order valence-electron chi connectivity index (χ2n) is 4.85. The molecular formula is C14H11N3O3S. The third-order valence-corrected chi connectivity index (χ3v) is 4.15. The number of hydrogen-bond donors (Lipinski definition) is 0. The third-order valence-electron chi connectivity index (χ3n) is 3.47. The van der Waals surface area contributed by atoms with Crippen molar-refractivity contribution in [1.82, 2.24) is 15.0 Å². The highest BCUT2D eigenvalue weighted by Gasteiger charge is 2.36. The monoisotopic (exact) mass is 301 g/mol. The fourth-order valence-corrected chi connectivity index (χ4v) is 2.90. The highest BCUT2D eigenvalue weighted by Crippen LogP contribution is 2.29. The average Bonchev–Trinajstić information content (AvgIpc) is 3.19. The van der Waals surface area contributed by atoms with Gasteiger partial charge in [-0.2, -0.15) is 16.3 Å². The van der Waals surface area contributed by atoms with Gasteiger partial charge in [0.05, 0.1) is 12.2 Å². The Morgan fingerprint density at radius 2 is 2.29 bits per heavy atom. The van der Waals surface area contributed by atoms with E-state index in [1.807, 2.05) is 16.8 Å². The molecule has 1 aliphatic heterocycles. The van der Waals surface area contributed by atoms with E-state index in [4.69, 9.17) is 8.94 Å². The van der Waals surface area contributed by atoms with Crippen LogP contribution in [0.1, 0.15) is 22.4 Å². The molecule has 0 N–H and O–H groups in total. The Labute approximate surface area is 124 Å². The Kier molecular flexibility index (Phi) is 2.85. The van der Waals surface area contributed by atoms with Gasteiger partial charge in [0.2, 0.25) is 11.7 Å². The Hall–Kier alpha value is -2.41. The van der Waals surface area contributed by atoms with Crippen LogP contribution in [-0.2, 0) is 0 Å². The molecule has 7 heteroatoms. The van der Waals surface area contributed by atoms with Gasteiger partial charge in [0.1, 0.15) is 0 Å². The second kappa shape index (κ2) is 4.85. The molecular weight excluding hydrogens is 290 g/mol. The van der Waals surface area contributed by atoms with Crippen LogP contribution in [0.2, 0.25) is 0 Å². The van der Waals surface area contributed by atoms with Crippen molar-refractivity contribution in [2.75, 3.05) is 13.1 Å². The van der Waals surface area contributed by atoms with Crippen molar-refractivity contribution in [2.45, 2.75) is 5.92 Å². The standard InChI is InChI=1S/C14H11N3O3S/c18-14(11-2-1-4-19-11)17-6-10(7-17)13-15-12(16-20-13)9-3-5-21-8-9/h1-5,8,10H,6-7H2. The average molecular weight is 301 g/mol. The predicted molar refractivity (Wildman–Crippen MR) is 75.0 cm³/mol. The minimum atomic E-state index is -0.103. The maximum absolute atomic E-state index is 12.0. The Bertz CT molecular complexity index is 742. The van der Waals surface area contributed by atoms with Crippen molar-refractivity contribution in [3.05, 3.63) is 46.9 Å². The molecule has 0 radical (unpaired) electrons. The minimum Gasteiger partial charge on any atom is -0.459 e. The summed E-state index contributed by atoms with van der Waals surface area (Å²) in [5, 5.41) is 7.93. The molecule has 6 nitrogen and oxygen atoms in total. The smallest absolute Gasteiger partial charge is 0.289 e. The normalized spacial score (nSPS) is 15.1. The van der Waals surface area contributed by atoms with Crippen LogP contribution in [0, 0.1) is 0 Å². The van der Waals surface area contributed by atoms with Crippen LogP contribution in [0.4, 0.5) is 0 Å². The molecule has 3 aromatic heterocycles. The number of aromatic nitrogens is 2. The minimum absolute atomic E-state index is 0.101. The topological polar surface area (TPSA) is 72.4 Å². The molecule has 0 aliphatic carbocycles. The molecule has 0 atom stereocenters. The zero-order valence-electron chi connectivity index (χ0n) is 10.9. The third kappa shape index (κ3) is 2.15. The Morgan fingerprint density at radius 3 is 3.00 bits per heavy atom. The lowest BCUT2D eigenvalue weighted by molar-refractivity contribution is 0.0537. The molecule has 21 heavy (non-hydrogen) atoms. The van der Waals surface area contributed by atoms with Gasteiger partial charge >= 0.3 is 0 Å². The Balaban J connectivity index is 1.43. The Morgan fingerprint density at radius 1 is 1.38 bits per heavy atom. The predicted octanol–water partition coefficient (Wildman–Crippen LogP) is 2.63. The van der Waals surface area contributed by atoms with Crippen molar-refractivity contribution in [1.29, 1.82) is 0 Å². The number of carbonyl (C=O) groups is 1. The van der Waals surface area contributed by atoms with Gasteiger partial charge in [-0.15, -0.1) is 0 Å². The van der Waals surface area contributed by atoms with E-state index in [0.717, 1.165) is 5.56 Å². The number of carbonyl (C=O) groups excluding carboxylic acids is 1. The number of likely N-dealkylation sites (tertiary alicyclic amines) is 1. The molecule has 0 saturated carbocycles. The van der Waals surface area contributed by atoms with E-state index in [1.165, 1.54) is 6.26 Å². The first-order valence-electron chi connectivity index (χ1n) is 6.50. The van der Waals surface area contributed by atoms with E-state index in [9.17, 15) is 4.79 Å². The summed E-state index contributed by atoms with van der Waals surface area (Å²) in [4.78, 5) is 18.1. The van der Waals surface area contributed by atoms with Gasteiger partial charge in [0.25, 0.3) is 5.91 Å². The van der Waals surface area contributed by atoms with E-state index in [2.05, 4.69) is 10.1 Å². The van der Waals surface area contributed by atoms with Gasteiger partial charge in [-0.25, -0.2) is 0 Å². The van der Waals surface area contributed by atoms with Crippen LogP contribution in [0.25, 0.3) is 11.4 Å². The summed E-state index contributed by atoms with van der Waals surface area (Å²) in [5.41, 5.74) is 0.956. The van der Waals surface area contributed by atoms with E-state index >= 15 is 0 Å². The molecule has 0 bridgehead atoms. The highest BCUT2D eigenvalue weighted by atomic mass is 32.1. The summed E-state index contributed by atoms with van der Waals surface area (Å²) in [5.74, 6) is 1.54. The van der Waals surface area contributed by atoms with Crippen LogP contribution in [0.3, 0.4) is 0 Å². The summed E-state index contributed by atoms with van der Waals surface area (Å²) >= 11 is 1.59. The lowest BCUT2D eigenvalue weighted by Gasteiger charge is -2.36. The summed E-state index contributed by atoms with van der Waals surface area (Å²) in [6.07, 6.45) is 1.50. The molecule has 4 heterocycles. The van der Waals surface area contributed by atoms with Crippen molar-refractivity contribution >= 4 is 17.2 Å². The SMILES string of the molecule is O=C(c1ccco1)N1CC(c2nc(-c3ccsc3)no2)C1. The molecule has 0 spiro atoms. The van der Waals surface area contributed by atoms with Gasteiger partial charge in [-0.1, -0.05) is 5.16 Å². The van der Waals surface area contributed by atoms with E-state index in [-0.39, 0.29) is 11.8 Å². The molecule has 1 fully saturated rings. The van der Waals surface area contributed by atoms with E-state index in [0.29, 0.717) is 30.6 Å². The van der Waals surface area contributed by atoms with Gasteiger partial charge in [0.15, 0.2) is 5.76 Å². The van der Waals surface area contributed by atoms with Crippen molar-refractivity contribution < 1.29 is 13.7 Å². The van der Waals surface area contributed by atoms with Crippen molar-refractivity contribution in [3.8, 4) is 11.4 Å². The number of thiophene rings is 1. The largest absolute Gasteiger partial charge is 0.459 e. The quantitative estimate of drug-likeness (QED) is 0.743. The van der Waals surface area contributed by atoms with E-state index in [1.54, 1.807) is 28.4 Å². The number of hydrogen-bond acceptors (Lipinski definition) is 6. The maximum atomic E-state index is 12.0. The van der Waals surface area contributed by atoms with Crippen LogP contribution in [0.5, 0.6) is 0 Å². The van der Waals surface area contributed by atoms with Crippen molar-refractivity contribution in [2.24, 2.45) is 0 Å². The summed E-state index contributed by atoms with van der Waals surface area (Å²) in [6, 6.07) is 5.32. The first-order chi connectivity index (χ1) is 10.3. The molecule has 0 unspecified atom stereocenters. The highest BCUT2D eigenvalue weighted by molar-refractivity contribution is 7.08. The van der Waals surface area contributed by atoms with Crippen LogP contribution in [0.15, 0.2) is 44.2 Å². The molecule has 3 aromatic rings. The fourth-order valence-electron chi connectivity index (χ4n) is 2.27. The van der Waals surface area contributed by atoms with Gasteiger partial charge in [-0.05, 0) is 23.6 Å².